The molecule has 1 aliphatic heterocycles. The molecule has 4 saturated carbocycles. The average Bonchev–Trinajstić information content (AvgIpc) is 3.04. The number of nitrogens with one attached hydrogen (secondary N) is 1. The lowest BCUT2D eigenvalue weighted by atomic mass is 9.48. The number of pyridine rings is 1. The van der Waals surface area contributed by atoms with Crippen molar-refractivity contribution in [3.63, 3.8) is 0 Å². The van der Waals surface area contributed by atoms with Crippen LogP contribution in [0.1, 0.15) is 44.1 Å². The number of nitrogens with zero attached hydrogens (tertiary/aromatic N) is 3. The molecule has 2 heterocycles. The van der Waals surface area contributed by atoms with Crippen LogP contribution in [0.3, 0.4) is 0 Å². The van der Waals surface area contributed by atoms with Crippen LogP contribution < -0.4 is 5.32 Å². The summed E-state index contributed by atoms with van der Waals surface area (Å²) in [6, 6.07) is 5.51. The smallest absolute Gasteiger partial charge is 0.407 e. The molecule has 4 atom stereocenters. The first kappa shape index (κ1) is 17.7. The Hall–Kier alpha value is -2.33. The van der Waals surface area contributed by atoms with Crippen molar-refractivity contribution < 1.29 is 15.0 Å². The summed E-state index contributed by atoms with van der Waals surface area (Å²) in [5, 5.41) is 33.2. The molecule has 7 heteroatoms. The van der Waals surface area contributed by atoms with Gasteiger partial charge in [0.1, 0.15) is 11.9 Å². The first-order chi connectivity index (χ1) is 13.5. The van der Waals surface area contributed by atoms with Gasteiger partial charge in [-0.05, 0) is 74.3 Å². The molecule has 28 heavy (non-hydrogen) atoms. The zero-order chi connectivity index (χ0) is 19.5. The summed E-state index contributed by atoms with van der Waals surface area (Å²) in [4.78, 5) is 17.9. The Morgan fingerprint density at radius 2 is 2.04 bits per heavy atom. The van der Waals surface area contributed by atoms with Gasteiger partial charge < -0.3 is 20.4 Å². The van der Waals surface area contributed by atoms with Crippen LogP contribution in [0.15, 0.2) is 18.3 Å². The molecule has 0 spiro atoms. The van der Waals surface area contributed by atoms with E-state index in [2.05, 4.69) is 16.4 Å². The van der Waals surface area contributed by atoms with E-state index in [0.29, 0.717) is 41.6 Å². The maximum atomic E-state index is 12.0. The maximum Gasteiger partial charge on any atom is 0.407 e. The van der Waals surface area contributed by atoms with E-state index < -0.39 is 11.7 Å². The summed E-state index contributed by atoms with van der Waals surface area (Å²) in [6.45, 7) is 0.525. The molecule has 3 unspecified atom stereocenters. The zero-order valence-electron chi connectivity index (χ0n) is 15.8. The minimum atomic E-state index is -0.852. The molecule has 1 aromatic rings. The van der Waals surface area contributed by atoms with Crippen molar-refractivity contribution in [2.45, 2.75) is 56.2 Å². The molecule has 1 aromatic heterocycles. The van der Waals surface area contributed by atoms with Crippen LogP contribution in [0.5, 0.6) is 0 Å². The van der Waals surface area contributed by atoms with Crippen LogP contribution in [-0.2, 0) is 0 Å². The predicted molar refractivity (Wildman–Crippen MR) is 101 cm³/mol. The molecule has 6 rings (SSSR count). The second kappa shape index (κ2) is 6.35. The van der Waals surface area contributed by atoms with E-state index in [4.69, 9.17) is 5.26 Å². The van der Waals surface area contributed by atoms with Crippen molar-refractivity contribution in [3.8, 4) is 6.07 Å². The van der Waals surface area contributed by atoms with Gasteiger partial charge in [0.2, 0.25) is 0 Å². The topological polar surface area (TPSA) is 109 Å². The van der Waals surface area contributed by atoms with Gasteiger partial charge in [-0.3, -0.25) is 0 Å². The highest BCUT2D eigenvalue weighted by Gasteiger charge is 2.59. The van der Waals surface area contributed by atoms with Crippen LogP contribution in [0, 0.1) is 35.0 Å². The van der Waals surface area contributed by atoms with Gasteiger partial charge in [-0.1, -0.05) is 0 Å². The van der Waals surface area contributed by atoms with Crippen molar-refractivity contribution in [2.24, 2.45) is 23.7 Å². The molecule has 1 amide bonds. The van der Waals surface area contributed by atoms with Gasteiger partial charge in [-0.25, -0.2) is 9.78 Å². The summed E-state index contributed by atoms with van der Waals surface area (Å²) >= 11 is 0. The molecule has 148 valence electrons. The first-order valence-electron chi connectivity index (χ1n) is 10.3. The molecular weight excluding hydrogens is 356 g/mol. The van der Waals surface area contributed by atoms with E-state index in [0.717, 1.165) is 38.5 Å². The Bertz CT molecular complexity index is 804. The molecule has 0 radical (unpaired) electrons. The van der Waals surface area contributed by atoms with E-state index >= 15 is 0 Å². The van der Waals surface area contributed by atoms with Gasteiger partial charge in [0.05, 0.1) is 23.2 Å². The Morgan fingerprint density at radius 3 is 2.61 bits per heavy atom. The van der Waals surface area contributed by atoms with E-state index in [1.54, 1.807) is 23.2 Å². The number of hydrogen-bond donors (Lipinski definition) is 3. The maximum absolute atomic E-state index is 12.0. The largest absolute Gasteiger partial charge is 0.465 e. The Labute approximate surface area is 164 Å². The van der Waals surface area contributed by atoms with E-state index in [1.807, 2.05) is 0 Å². The number of nitriles is 1. The minimum Gasteiger partial charge on any atom is -0.465 e. The quantitative estimate of drug-likeness (QED) is 0.741. The number of likely N-dealkylation sites (tertiary alicyclic amines) is 1. The second-order valence-electron chi connectivity index (χ2n) is 9.32. The summed E-state index contributed by atoms with van der Waals surface area (Å²) in [7, 11) is 0. The van der Waals surface area contributed by atoms with Crippen LogP contribution in [0.4, 0.5) is 10.6 Å². The van der Waals surface area contributed by atoms with Gasteiger partial charge in [-0.2, -0.15) is 5.26 Å². The number of aromatic nitrogens is 1. The SMILES string of the molecule is N#Cc1ccc(NC2CCN(C(=O)O)[C@@H]2C2C3CC4CC2CC(O)(C4)C3)nc1. The molecule has 7 nitrogen and oxygen atoms in total. The number of anilines is 1. The van der Waals surface area contributed by atoms with Gasteiger partial charge in [-0.15, -0.1) is 0 Å². The summed E-state index contributed by atoms with van der Waals surface area (Å²) in [5.41, 5.74) is -0.00738. The standard InChI is InChI=1S/C21H26N4O3/c22-10-12-1-2-17(23-11-12)24-16-3-4-25(20(26)27)19(16)18-14-5-13-6-15(18)9-21(28,7-13)8-14/h1-2,11,13-16,18-19,28H,3-9H2,(H,23,24)(H,26,27)/t13?,14?,15?,16?,18?,19-,21?/m0/s1. The van der Waals surface area contributed by atoms with Crippen LogP contribution in [0.2, 0.25) is 0 Å². The highest BCUT2D eigenvalue weighted by molar-refractivity contribution is 5.66. The lowest BCUT2D eigenvalue weighted by Gasteiger charge is -2.60. The lowest BCUT2D eigenvalue weighted by Crippen LogP contribution is -2.61. The summed E-state index contributed by atoms with van der Waals surface area (Å²) < 4.78 is 0. The molecular formula is C21H26N4O3. The van der Waals surface area contributed by atoms with E-state index in [1.165, 1.54) is 0 Å². The number of amides is 1. The highest BCUT2D eigenvalue weighted by atomic mass is 16.4. The number of aliphatic hydroxyl groups is 1. The number of carboxylic acid groups (broad SMARTS) is 1. The highest BCUT2D eigenvalue weighted by Crippen LogP contribution is 2.60. The normalized spacial score (nSPS) is 41.1. The van der Waals surface area contributed by atoms with E-state index in [-0.39, 0.29) is 12.1 Å². The third kappa shape index (κ3) is 2.82. The van der Waals surface area contributed by atoms with Crippen LogP contribution in [-0.4, -0.2) is 50.4 Å². The van der Waals surface area contributed by atoms with E-state index in [9.17, 15) is 15.0 Å². The van der Waals surface area contributed by atoms with Crippen LogP contribution >= 0.6 is 0 Å². The summed E-state index contributed by atoms with van der Waals surface area (Å²) in [6.07, 6.45) is 6.24. The molecule has 5 fully saturated rings. The van der Waals surface area contributed by atoms with Crippen molar-refractivity contribution in [1.29, 1.82) is 5.26 Å². The fourth-order valence-corrected chi connectivity index (χ4v) is 6.99. The minimum absolute atomic E-state index is 0.00806. The number of carbonyl (C=O) groups is 1. The first-order valence-corrected chi connectivity index (χ1v) is 10.3. The van der Waals surface area contributed by atoms with Crippen molar-refractivity contribution in [2.75, 3.05) is 11.9 Å². The third-order valence-corrected chi connectivity index (χ3v) is 7.63. The van der Waals surface area contributed by atoms with Gasteiger partial charge in [0.25, 0.3) is 0 Å². The fourth-order valence-electron chi connectivity index (χ4n) is 6.99. The average molecular weight is 382 g/mol. The molecule has 3 N–H and O–H groups in total. The Kier molecular flexibility index (Phi) is 4.02. The monoisotopic (exact) mass is 382 g/mol. The molecule has 4 bridgehead atoms. The molecule has 0 aromatic carbocycles. The van der Waals surface area contributed by atoms with Gasteiger partial charge >= 0.3 is 6.09 Å². The van der Waals surface area contributed by atoms with Crippen molar-refractivity contribution >= 4 is 11.9 Å². The van der Waals surface area contributed by atoms with Gasteiger partial charge in [0.15, 0.2) is 0 Å². The molecule has 1 saturated heterocycles. The fraction of sp³-hybridized carbons (Fsp3) is 0.667. The second-order valence-corrected chi connectivity index (χ2v) is 9.32. The number of hydrogen-bond acceptors (Lipinski definition) is 5. The molecule has 5 aliphatic rings. The molecule has 4 aliphatic carbocycles. The number of rotatable bonds is 3. The van der Waals surface area contributed by atoms with Crippen LogP contribution in [0.25, 0.3) is 0 Å². The summed E-state index contributed by atoms with van der Waals surface area (Å²) in [5.74, 6) is 2.39. The lowest BCUT2D eigenvalue weighted by molar-refractivity contribution is -0.162. The predicted octanol–water partition coefficient (Wildman–Crippen LogP) is 2.67. The Morgan fingerprint density at radius 1 is 1.29 bits per heavy atom. The van der Waals surface area contributed by atoms with Gasteiger partial charge in [0, 0.05) is 12.7 Å². The zero-order valence-corrected chi connectivity index (χ0v) is 15.8. The third-order valence-electron chi connectivity index (χ3n) is 7.63. The van der Waals surface area contributed by atoms with Crippen molar-refractivity contribution in [3.05, 3.63) is 23.9 Å². The van der Waals surface area contributed by atoms with Crippen molar-refractivity contribution in [1.82, 2.24) is 9.88 Å². The Balaban J connectivity index is 1.42.